The molecule has 5 nitrogen and oxygen atoms in total. The first kappa shape index (κ1) is 12.6. The highest BCUT2D eigenvalue weighted by molar-refractivity contribution is 7.22. The summed E-state index contributed by atoms with van der Waals surface area (Å²) >= 11 is 1.47. The zero-order chi connectivity index (χ0) is 13.0. The lowest BCUT2D eigenvalue weighted by Crippen LogP contribution is -2.28. The molecular formula is C12H15N3O2S. The number of aromatic nitrogens is 1. The quantitative estimate of drug-likeness (QED) is 0.815. The van der Waals surface area contributed by atoms with Crippen LogP contribution < -0.4 is 15.6 Å². The Balaban J connectivity index is 2.14. The molecule has 1 aromatic carbocycles. The van der Waals surface area contributed by atoms with Crippen LogP contribution in [0.25, 0.3) is 10.2 Å². The lowest BCUT2D eigenvalue weighted by Gasteiger charge is -2.01. The molecule has 0 fully saturated rings. The molecule has 18 heavy (non-hydrogen) atoms. The molecular weight excluding hydrogens is 250 g/mol. The van der Waals surface area contributed by atoms with E-state index < -0.39 is 0 Å². The monoisotopic (exact) mass is 265 g/mol. The number of fused-ring (bicyclic) bond motifs is 1. The Kier molecular flexibility index (Phi) is 3.99. The number of rotatable bonds is 5. The van der Waals surface area contributed by atoms with Crippen LogP contribution >= 0.6 is 11.3 Å². The minimum Gasteiger partial charge on any atom is -0.494 e. The maximum Gasteiger partial charge on any atom is 0.238 e. The number of nitrogens with zero attached hydrogens (tertiary/aromatic N) is 1. The van der Waals surface area contributed by atoms with E-state index in [1.165, 1.54) is 11.3 Å². The van der Waals surface area contributed by atoms with E-state index in [2.05, 4.69) is 15.8 Å². The van der Waals surface area contributed by atoms with Crippen molar-refractivity contribution in [3.05, 3.63) is 18.2 Å². The number of nitrogens with one attached hydrogen (secondary N) is 2. The highest BCUT2D eigenvalue weighted by Gasteiger charge is 2.05. The summed E-state index contributed by atoms with van der Waals surface area (Å²) in [6.07, 6.45) is 0.437. The zero-order valence-corrected chi connectivity index (χ0v) is 11.1. The number of benzene rings is 1. The second-order valence-electron chi connectivity index (χ2n) is 3.61. The van der Waals surface area contributed by atoms with Gasteiger partial charge in [-0.15, -0.1) is 0 Å². The summed E-state index contributed by atoms with van der Waals surface area (Å²) in [5, 5.41) is 0.667. The number of ether oxygens (including phenoxy) is 1. The summed E-state index contributed by atoms with van der Waals surface area (Å²) in [5.41, 5.74) is 6.27. The molecule has 1 heterocycles. The van der Waals surface area contributed by atoms with Crippen molar-refractivity contribution in [3.63, 3.8) is 0 Å². The molecule has 0 spiro atoms. The van der Waals surface area contributed by atoms with Gasteiger partial charge in [0.1, 0.15) is 5.75 Å². The third-order valence-corrected chi connectivity index (χ3v) is 3.23. The maximum atomic E-state index is 11.1. The van der Waals surface area contributed by atoms with E-state index in [9.17, 15) is 4.79 Å². The lowest BCUT2D eigenvalue weighted by molar-refractivity contribution is -0.120. The summed E-state index contributed by atoms with van der Waals surface area (Å²) in [4.78, 5) is 15.5. The van der Waals surface area contributed by atoms with Gasteiger partial charge >= 0.3 is 0 Å². The Hall–Kier alpha value is -1.82. The highest BCUT2D eigenvalue weighted by atomic mass is 32.1. The highest BCUT2D eigenvalue weighted by Crippen LogP contribution is 2.28. The molecule has 0 bridgehead atoms. The molecule has 1 aromatic heterocycles. The molecule has 0 aliphatic carbocycles. The molecule has 2 rings (SSSR count). The van der Waals surface area contributed by atoms with Crippen molar-refractivity contribution in [1.29, 1.82) is 0 Å². The van der Waals surface area contributed by atoms with Gasteiger partial charge in [0.25, 0.3) is 0 Å². The first-order valence-electron chi connectivity index (χ1n) is 5.81. The molecule has 2 aromatic rings. The predicted molar refractivity (Wildman–Crippen MR) is 72.8 cm³/mol. The van der Waals surface area contributed by atoms with Gasteiger partial charge < -0.3 is 4.74 Å². The fourth-order valence-electron chi connectivity index (χ4n) is 1.43. The zero-order valence-electron chi connectivity index (χ0n) is 10.3. The number of hydrogen-bond acceptors (Lipinski definition) is 5. The molecule has 0 unspecified atom stereocenters. The van der Waals surface area contributed by atoms with Crippen molar-refractivity contribution >= 4 is 32.6 Å². The smallest absolute Gasteiger partial charge is 0.238 e. The van der Waals surface area contributed by atoms with Crippen molar-refractivity contribution in [2.75, 3.05) is 12.0 Å². The number of hydrogen-bond donors (Lipinski definition) is 2. The van der Waals surface area contributed by atoms with E-state index in [1.54, 1.807) is 6.92 Å². The van der Waals surface area contributed by atoms with E-state index in [4.69, 9.17) is 4.74 Å². The van der Waals surface area contributed by atoms with Gasteiger partial charge in [-0.2, -0.15) is 0 Å². The number of carbonyl (C=O) groups is 1. The fraction of sp³-hybridized carbons (Fsp3) is 0.333. The van der Waals surface area contributed by atoms with Gasteiger partial charge in [0, 0.05) is 6.42 Å². The van der Waals surface area contributed by atoms with Gasteiger partial charge in [-0.25, -0.2) is 4.98 Å². The van der Waals surface area contributed by atoms with Crippen molar-refractivity contribution < 1.29 is 9.53 Å². The molecule has 0 aliphatic rings. The van der Waals surface area contributed by atoms with Crippen LogP contribution in [0.3, 0.4) is 0 Å². The molecule has 2 N–H and O–H groups in total. The van der Waals surface area contributed by atoms with Crippen molar-refractivity contribution in [3.8, 4) is 5.75 Å². The van der Waals surface area contributed by atoms with Gasteiger partial charge in [-0.05, 0) is 25.1 Å². The molecule has 0 atom stereocenters. The van der Waals surface area contributed by atoms with Crippen LogP contribution in [-0.4, -0.2) is 17.5 Å². The largest absolute Gasteiger partial charge is 0.494 e. The second kappa shape index (κ2) is 5.68. The molecule has 0 radical (unpaired) electrons. The number of anilines is 1. The molecule has 0 saturated heterocycles. The van der Waals surface area contributed by atoms with Crippen LogP contribution in [0, 0.1) is 0 Å². The van der Waals surface area contributed by atoms with Crippen LogP contribution in [0.5, 0.6) is 5.75 Å². The summed E-state index contributed by atoms with van der Waals surface area (Å²) in [6.45, 7) is 4.38. The SMILES string of the molecule is CCOc1ccc2nc(NNC(=O)CC)sc2c1. The minimum absolute atomic E-state index is 0.0655. The van der Waals surface area contributed by atoms with E-state index in [-0.39, 0.29) is 5.91 Å². The number of thiazole rings is 1. The van der Waals surface area contributed by atoms with E-state index in [0.717, 1.165) is 16.0 Å². The van der Waals surface area contributed by atoms with Crippen LogP contribution in [-0.2, 0) is 4.79 Å². The van der Waals surface area contributed by atoms with Crippen molar-refractivity contribution in [1.82, 2.24) is 10.4 Å². The molecule has 0 aliphatic heterocycles. The molecule has 6 heteroatoms. The summed E-state index contributed by atoms with van der Waals surface area (Å²) in [5.74, 6) is 0.766. The molecule has 1 amide bonds. The Morgan fingerprint density at radius 2 is 2.28 bits per heavy atom. The number of hydrazine groups is 1. The van der Waals surface area contributed by atoms with Gasteiger partial charge in [-0.3, -0.25) is 15.6 Å². The van der Waals surface area contributed by atoms with E-state index in [1.807, 2.05) is 25.1 Å². The average Bonchev–Trinajstić information content (AvgIpc) is 2.78. The van der Waals surface area contributed by atoms with Gasteiger partial charge in [0.2, 0.25) is 11.0 Å². The second-order valence-corrected chi connectivity index (χ2v) is 4.64. The lowest BCUT2D eigenvalue weighted by atomic mass is 10.3. The standard InChI is InChI=1S/C12H15N3O2S/c1-3-11(16)14-15-12-13-9-6-5-8(17-4-2)7-10(9)18-12/h5-7H,3-4H2,1-2H3,(H,13,15)(H,14,16). The average molecular weight is 265 g/mol. The third kappa shape index (κ3) is 2.89. The van der Waals surface area contributed by atoms with Crippen LogP contribution in [0.1, 0.15) is 20.3 Å². The Morgan fingerprint density at radius 3 is 3.00 bits per heavy atom. The third-order valence-electron chi connectivity index (χ3n) is 2.30. The minimum atomic E-state index is -0.0655. The summed E-state index contributed by atoms with van der Waals surface area (Å²) < 4.78 is 6.45. The predicted octanol–water partition coefficient (Wildman–Crippen LogP) is 2.55. The van der Waals surface area contributed by atoms with Crippen LogP contribution in [0.4, 0.5) is 5.13 Å². The fourth-order valence-corrected chi connectivity index (χ4v) is 2.27. The molecule has 0 saturated carbocycles. The van der Waals surface area contributed by atoms with Crippen LogP contribution in [0.15, 0.2) is 18.2 Å². The molecule has 96 valence electrons. The van der Waals surface area contributed by atoms with E-state index in [0.29, 0.717) is 18.2 Å². The van der Waals surface area contributed by atoms with E-state index >= 15 is 0 Å². The van der Waals surface area contributed by atoms with Crippen molar-refractivity contribution in [2.24, 2.45) is 0 Å². The summed E-state index contributed by atoms with van der Waals surface area (Å²) in [7, 11) is 0. The van der Waals surface area contributed by atoms with Gasteiger partial charge in [0.15, 0.2) is 0 Å². The Labute approximate surface area is 109 Å². The van der Waals surface area contributed by atoms with Crippen LogP contribution in [0.2, 0.25) is 0 Å². The van der Waals surface area contributed by atoms with Crippen molar-refractivity contribution in [2.45, 2.75) is 20.3 Å². The first-order valence-corrected chi connectivity index (χ1v) is 6.62. The van der Waals surface area contributed by atoms with Gasteiger partial charge in [-0.1, -0.05) is 18.3 Å². The van der Waals surface area contributed by atoms with Gasteiger partial charge in [0.05, 0.1) is 16.8 Å². The topological polar surface area (TPSA) is 63.2 Å². The number of amides is 1. The Bertz CT molecular complexity index is 553. The summed E-state index contributed by atoms with van der Waals surface area (Å²) in [6, 6.07) is 5.74. The Morgan fingerprint density at radius 1 is 1.44 bits per heavy atom. The normalized spacial score (nSPS) is 10.3. The number of carbonyl (C=O) groups excluding carboxylic acids is 1. The maximum absolute atomic E-state index is 11.1. The first-order chi connectivity index (χ1) is 8.72.